The Morgan fingerprint density at radius 3 is 2.24 bits per heavy atom. The van der Waals surface area contributed by atoms with Crippen molar-refractivity contribution in [2.24, 2.45) is 11.7 Å². The molecule has 0 saturated carbocycles. The molecular weight excluding hydrogens is 398 g/mol. The third kappa shape index (κ3) is 5.77. The van der Waals surface area contributed by atoms with Crippen LogP contribution in [-0.4, -0.2) is 56.6 Å². The van der Waals surface area contributed by atoms with E-state index in [-0.39, 0.29) is 52.9 Å². The molecule has 1 aromatic rings. The lowest BCUT2D eigenvalue weighted by Gasteiger charge is -2.27. The summed E-state index contributed by atoms with van der Waals surface area (Å²) in [6.07, 6.45) is 1.30. The molecule has 0 radical (unpaired) electrons. The number of hydrogen-bond acceptors (Lipinski definition) is 7. The Hall–Kier alpha value is -2.46. The monoisotopic (exact) mass is 426 g/mol. The van der Waals surface area contributed by atoms with Gasteiger partial charge in [-0.2, -0.15) is 0 Å². The zero-order valence-electron chi connectivity index (χ0n) is 17.0. The van der Waals surface area contributed by atoms with Crippen LogP contribution in [0.1, 0.15) is 52.3 Å². The van der Waals surface area contributed by atoms with Crippen LogP contribution in [0, 0.1) is 12.8 Å². The summed E-state index contributed by atoms with van der Waals surface area (Å²) in [5, 5.41) is 3.03. The summed E-state index contributed by atoms with van der Waals surface area (Å²) in [7, 11) is 0. The summed E-state index contributed by atoms with van der Waals surface area (Å²) in [4.78, 5) is 49.7. The number of nitrogens with two attached hydrogens (primary N) is 1. The predicted molar refractivity (Wildman–Crippen MR) is 107 cm³/mol. The van der Waals surface area contributed by atoms with E-state index < -0.39 is 11.9 Å². The number of piperidine rings is 1. The van der Waals surface area contributed by atoms with Gasteiger partial charge in [-0.15, -0.1) is 11.3 Å². The first kappa shape index (κ1) is 22.8. The molecule has 0 bridgehead atoms. The zero-order valence-corrected chi connectivity index (χ0v) is 17.8. The number of amides is 2. The number of anilines is 1. The third-order valence-electron chi connectivity index (χ3n) is 4.85. The summed E-state index contributed by atoms with van der Waals surface area (Å²) in [5.74, 6) is -1.85. The molecule has 10 heteroatoms. The van der Waals surface area contributed by atoms with Gasteiger partial charge in [0.15, 0.2) is 6.54 Å². The Morgan fingerprint density at radius 2 is 1.69 bits per heavy atom. The fraction of sp³-hybridized carbons (Fsp3) is 0.579. The van der Waals surface area contributed by atoms with Gasteiger partial charge in [0.25, 0.3) is 5.91 Å². The zero-order chi connectivity index (χ0) is 21.6. The lowest BCUT2D eigenvalue weighted by atomic mass is 9.96. The van der Waals surface area contributed by atoms with Gasteiger partial charge in [0.2, 0.25) is 5.91 Å². The first-order valence-electron chi connectivity index (χ1n) is 9.68. The molecular formula is C19H28N3O6S+. The highest BCUT2D eigenvalue weighted by Gasteiger charge is 2.30. The first-order chi connectivity index (χ1) is 13.8. The van der Waals surface area contributed by atoms with Crippen molar-refractivity contribution in [1.29, 1.82) is 0 Å². The molecule has 1 aliphatic heterocycles. The molecule has 1 aliphatic rings. The maximum Gasteiger partial charge on any atom is 0.348 e. The number of thiophene rings is 1. The number of quaternary nitrogens is 1. The third-order valence-corrected chi connectivity index (χ3v) is 6.03. The first-order valence-corrected chi connectivity index (χ1v) is 10.5. The number of carbonyl (C=O) groups is 4. The van der Waals surface area contributed by atoms with Crippen LogP contribution >= 0.6 is 11.3 Å². The van der Waals surface area contributed by atoms with Gasteiger partial charge in [-0.05, 0) is 26.3 Å². The average Bonchev–Trinajstić information content (AvgIpc) is 2.98. The van der Waals surface area contributed by atoms with Gasteiger partial charge in [0.05, 0.1) is 31.9 Å². The summed E-state index contributed by atoms with van der Waals surface area (Å²) in [5.41, 5.74) is 5.94. The van der Waals surface area contributed by atoms with Gasteiger partial charge in [-0.25, -0.2) is 9.59 Å². The fourth-order valence-electron chi connectivity index (χ4n) is 3.33. The number of primary amides is 1. The van der Waals surface area contributed by atoms with Gasteiger partial charge in [0, 0.05) is 18.8 Å². The summed E-state index contributed by atoms with van der Waals surface area (Å²) in [6.45, 7) is 6.92. The highest BCUT2D eigenvalue weighted by Crippen LogP contribution is 2.34. The largest absolute Gasteiger partial charge is 0.462 e. The normalized spacial score (nSPS) is 18.7. The van der Waals surface area contributed by atoms with Crippen molar-refractivity contribution < 1.29 is 33.6 Å². The van der Waals surface area contributed by atoms with Crippen molar-refractivity contribution in [3.63, 3.8) is 0 Å². The molecule has 2 heterocycles. The van der Waals surface area contributed by atoms with Crippen molar-refractivity contribution in [3.8, 4) is 0 Å². The van der Waals surface area contributed by atoms with E-state index in [0.29, 0.717) is 31.5 Å². The molecule has 1 saturated heterocycles. The second kappa shape index (κ2) is 10.4. The second-order valence-corrected chi connectivity index (χ2v) is 7.87. The minimum absolute atomic E-state index is 0.135. The minimum atomic E-state index is -0.596. The van der Waals surface area contributed by atoms with E-state index in [1.807, 2.05) is 0 Å². The molecule has 2 rings (SSSR count). The SMILES string of the molecule is CCOC(=O)c1sc(NC(=O)C[NH+]2CCC(C(N)=O)CC2)c(C(=O)OCC)c1C. The van der Waals surface area contributed by atoms with E-state index in [0.717, 1.165) is 16.2 Å². The molecule has 9 nitrogen and oxygen atoms in total. The molecule has 29 heavy (non-hydrogen) atoms. The molecule has 160 valence electrons. The molecule has 0 aliphatic carbocycles. The number of carbonyl (C=O) groups excluding carboxylic acids is 4. The maximum atomic E-state index is 12.6. The topological polar surface area (TPSA) is 129 Å². The Labute approximate surface area is 173 Å². The fourth-order valence-corrected chi connectivity index (χ4v) is 4.43. The van der Waals surface area contributed by atoms with E-state index in [1.54, 1.807) is 20.8 Å². The van der Waals surface area contributed by atoms with Crippen LogP contribution in [0.4, 0.5) is 5.00 Å². The van der Waals surface area contributed by atoms with E-state index in [9.17, 15) is 19.2 Å². The van der Waals surface area contributed by atoms with Crippen molar-refractivity contribution in [1.82, 2.24) is 0 Å². The van der Waals surface area contributed by atoms with Gasteiger partial charge in [-0.1, -0.05) is 0 Å². The van der Waals surface area contributed by atoms with Crippen LogP contribution in [0.15, 0.2) is 0 Å². The van der Waals surface area contributed by atoms with Crippen LogP contribution in [0.25, 0.3) is 0 Å². The molecule has 0 aromatic carbocycles. The summed E-state index contributed by atoms with van der Waals surface area (Å²) in [6, 6.07) is 0. The van der Waals surface area contributed by atoms with E-state index >= 15 is 0 Å². The van der Waals surface area contributed by atoms with Crippen LogP contribution in [-0.2, 0) is 19.1 Å². The van der Waals surface area contributed by atoms with Gasteiger partial charge < -0.3 is 25.4 Å². The average molecular weight is 427 g/mol. The Balaban J connectivity index is 2.12. The van der Waals surface area contributed by atoms with E-state index in [2.05, 4.69) is 5.32 Å². The smallest absolute Gasteiger partial charge is 0.348 e. The van der Waals surface area contributed by atoms with Gasteiger partial charge in [0.1, 0.15) is 9.88 Å². The molecule has 4 N–H and O–H groups in total. The van der Waals surface area contributed by atoms with Gasteiger partial charge >= 0.3 is 11.9 Å². The standard InChI is InChI=1S/C19H27N3O6S/c1-4-27-18(25)14-11(3)15(19(26)28-5-2)29-17(14)21-13(23)10-22-8-6-12(7-9-22)16(20)24/h12H,4-10H2,1-3H3,(H2,20,24)(H,21,23)/p+1. The number of hydrogen-bond donors (Lipinski definition) is 3. The highest BCUT2D eigenvalue weighted by atomic mass is 32.1. The van der Waals surface area contributed by atoms with E-state index in [4.69, 9.17) is 15.2 Å². The van der Waals surface area contributed by atoms with Crippen molar-refractivity contribution in [2.45, 2.75) is 33.6 Å². The number of rotatable bonds is 8. The molecule has 1 fully saturated rings. The molecule has 0 unspecified atom stereocenters. The van der Waals surface area contributed by atoms with Crippen LogP contribution < -0.4 is 16.0 Å². The quantitative estimate of drug-likeness (QED) is 0.507. The van der Waals surface area contributed by atoms with Crippen LogP contribution in [0.3, 0.4) is 0 Å². The maximum absolute atomic E-state index is 12.6. The summed E-state index contributed by atoms with van der Waals surface area (Å²) >= 11 is 1.01. The molecule has 2 amide bonds. The molecule has 1 aromatic heterocycles. The van der Waals surface area contributed by atoms with Gasteiger partial charge in [-0.3, -0.25) is 9.59 Å². The Kier molecular flexibility index (Phi) is 8.15. The van der Waals surface area contributed by atoms with Crippen LogP contribution in [0.5, 0.6) is 0 Å². The highest BCUT2D eigenvalue weighted by molar-refractivity contribution is 7.18. The molecule has 0 spiro atoms. The number of nitrogens with one attached hydrogen (secondary N) is 2. The predicted octanol–water partition coefficient (Wildman–Crippen LogP) is 0.129. The summed E-state index contributed by atoms with van der Waals surface area (Å²) < 4.78 is 10.1. The Bertz CT molecular complexity index is 783. The lowest BCUT2D eigenvalue weighted by molar-refractivity contribution is -0.897. The second-order valence-electron chi connectivity index (χ2n) is 6.85. The van der Waals surface area contributed by atoms with Crippen molar-refractivity contribution in [2.75, 3.05) is 38.2 Å². The number of esters is 2. The van der Waals surface area contributed by atoms with E-state index in [1.165, 1.54) is 0 Å². The number of likely N-dealkylation sites (tertiary alicyclic amines) is 1. The van der Waals surface area contributed by atoms with Crippen molar-refractivity contribution >= 4 is 40.1 Å². The van der Waals surface area contributed by atoms with Crippen LogP contribution in [0.2, 0.25) is 0 Å². The Morgan fingerprint density at radius 1 is 1.10 bits per heavy atom. The number of ether oxygens (including phenoxy) is 2. The van der Waals surface area contributed by atoms with Crippen molar-refractivity contribution in [3.05, 3.63) is 16.0 Å². The lowest BCUT2D eigenvalue weighted by Crippen LogP contribution is -3.14. The molecule has 0 atom stereocenters. The minimum Gasteiger partial charge on any atom is -0.462 e.